The van der Waals surface area contributed by atoms with Gasteiger partial charge in [-0.05, 0) is 17.7 Å². The van der Waals surface area contributed by atoms with Crippen molar-refractivity contribution in [1.82, 2.24) is 0 Å². The Bertz CT molecular complexity index is 419. The topological polar surface area (TPSA) is 43.4 Å². The van der Waals surface area contributed by atoms with Crippen LogP contribution in [0, 0.1) is 0 Å². The average Bonchev–Trinajstić information content (AvgIpc) is 2.57. The molecule has 3 nitrogen and oxygen atoms in total. The summed E-state index contributed by atoms with van der Waals surface area (Å²) in [6.07, 6.45) is 3.74. The van der Waals surface area contributed by atoms with Crippen molar-refractivity contribution in [3.63, 3.8) is 0 Å². The number of ether oxygens (including phenoxy) is 1. The second-order valence-corrected chi connectivity index (χ2v) is 2.99. The fourth-order valence-electron chi connectivity index (χ4n) is 1.39. The zero-order valence-electron chi connectivity index (χ0n) is 7.40. The van der Waals surface area contributed by atoms with E-state index in [0.717, 1.165) is 11.1 Å². The van der Waals surface area contributed by atoms with Gasteiger partial charge in [0.15, 0.2) is 0 Å². The van der Waals surface area contributed by atoms with E-state index in [4.69, 9.17) is 4.74 Å². The van der Waals surface area contributed by atoms with Crippen LogP contribution in [0.15, 0.2) is 24.3 Å². The van der Waals surface area contributed by atoms with Crippen molar-refractivity contribution in [3.05, 3.63) is 41.0 Å². The molecule has 1 aromatic carbocycles. The molecule has 1 aliphatic heterocycles. The Hall–Kier alpha value is -1.90. The molecular weight excluding hydrogens is 180 g/mol. The molecule has 0 saturated heterocycles. The third-order valence-corrected chi connectivity index (χ3v) is 2.08. The SMILES string of the molecule is O=CC=Cc1ccc2c(c1)C(=O)OC2. The van der Waals surface area contributed by atoms with E-state index in [9.17, 15) is 9.59 Å². The summed E-state index contributed by atoms with van der Waals surface area (Å²) in [5.41, 5.74) is 2.33. The number of hydrogen-bond acceptors (Lipinski definition) is 3. The van der Waals surface area contributed by atoms with Crippen LogP contribution in [-0.2, 0) is 16.1 Å². The predicted octanol–water partition coefficient (Wildman–Crippen LogP) is 1.57. The first kappa shape index (κ1) is 8.69. The number of esters is 1. The fourth-order valence-corrected chi connectivity index (χ4v) is 1.39. The third kappa shape index (κ3) is 1.44. The maximum absolute atomic E-state index is 11.2. The van der Waals surface area contributed by atoms with E-state index in [1.54, 1.807) is 12.1 Å². The summed E-state index contributed by atoms with van der Waals surface area (Å²) in [7, 11) is 0. The number of carbonyl (C=O) groups is 2. The Morgan fingerprint density at radius 1 is 1.36 bits per heavy atom. The van der Waals surface area contributed by atoms with Crippen molar-refractivity contribution in [2.45, 2.75) is 6.61 Å². The molecule has 0 aliphatic carbocycles. The summed E-state index contributed by atoms with van der Waals surface area (Å²) in [4.78, 5) is 21.3. The lowest BCUT2D eigenvalue weighted by Crippen LogP contribution is -1.93. The van der Waals surface area contributed by atoms with Gasteiger partial charge < -0.3 is 4.74 Å². The molecule has 0 bridgehead atoms. The van der Waals surface area contributed by atoms with Crippen LogP contribution in [0.1, 0.15) is 21.5 Å². The molecule has 70 valence electrons. The molecule has 0 fully saturated rings. The molecule has 2 rings (SSSR count). The Kier molecular flexibility index (Phi) is 2.14. The highest BCUT2D eigenvalue weighted by atomic mass is 16.5. The molecule has 0 radical (unpaired) electrons. The molecule has 1 aromatic rings. The Morgan fingerprint density at radius 3 is 3.00 bits per heavy atom. The van der Waals surface area contributed by atoms with E-state index in [1.807, 2.05) is 12.1 Å². The second-order valence-electron chi connectivity index (χ2n) is 2.99. The molecule has 0 spiro atoms. The van der Waals surface area contributed by atoms with Crippen molar-refractivity contribution < 1.29 is 14.3 Å². The van der Waals surface area contributed by atoms with Crippen molar-refractivity contribution in [1.29, 1.82) is 0 Å². The van der Waals surface area contributed by atoms with Crippen LogP contribution in [0.4, 0.5) is 0 Å². The monoisotopic (exact) mass is 188 g/mol. The smallest absolute Gasteiger partial charge is 0.338 e. The summed E-state index contributed by atoms with van der Waals surface area (Å²) >= 11 is 0. The van der Waals surface area contributed by atoms with E-state index in [1.165, 1.54) is 6.08 Å². The zero-order valence-corrected chi connectivity index (χ0v) is 7.40. The van der Waals surface area contributed by atoms with E-state index in [0.29, 0.717) is 18.5 Å². The minimum absolute atomic E-state index is 0.290. The first-order valence-corrected chi connectivity index (χ1v) is 4.23. The summed E-state index contributed by atoms with van der Waals surface area (Å²) in [6, 6.07) is 5.41. The average molecular weight is 188 g/mol. The maximum Gasteiger partial charge on any atom is 0.338 e. The van der Waals surface area contributed by atoms with E-state index in [-0.39, 0.29) is 5.97 Å². The van der Waals surface area contributed by atoms with Crippen LogP contribution < -0.4 is 0 Å². The molecular formula is C11H8O3. The van der Waals surface area contributed by atoms with Gasteiger partial charge in [-0.15, -0.1) is 0 Å². The summed E-state index contributed by atoms with van der Waals surface area (Å²) in [5, 5.41) is 0. The lowest BCUT2D eigenvalue weighted by molar-refractivity contribution is -0.104. The molecule has 3 heteroatoms. The van der Waals surface area contributed by atoms with Crippen LogP contribution in [-0.4, -0.2) is 12.3 Å². The highest BCUT2D eigenvalue weighted by molar-refractivity contribution is 5.94. The van der Waals surface area contributed by atoms with Gasteiger partial charge in [0.2, 0.25) is 0 Å². The minimum atomic E-state index is -0.290. The van der Waals surface area contributed by atoms with Gasteiger partial charge in [0.25, 0.3) is 0 Å². The third-order valence-electron chi connectivity index (χ3n) is 2.08. The van der Waals surface area contributed by atoms with Gasteiger partial charge in [-0.3, -0.25) is 4.79 Å². The van der Waals surface area contributed by atoms with Crippen LogP contribution in [0.25, 0.3) is 6.08 Å². The van der Waals surface area contributed by atoms with Gasteiger partial charge in [0, 0.05) is 5.56 Å². The zero-order chi connectivity index (χ0) is 9.97. The standard InChI is InChI=1S/C11H8O3/c12-5-1-2-8-3-4-9-7-14-11(13)10(9)6-8/h1-6H,7H2. The van der Waals surface area contributed by atoms with E-state index < -0.39 is 0 Å². The van der Waals surface area contributed by atoms with Crippen LogP contribution in [0.5, 0.6) is 0 Å². The normalized spacial score (nSPS) is 14.1. The number of allylic oxidation sites excluding steroid dienone is 1. The van der Waals surface area contributed by atoms with Crippen LogP contribution in [0.2, 0.25) is 0 Å². The largest absolute Gasteiger partial charge is 0.457 e. The molecule has 14 heavy (non-hydrogen) atoms. The van der Waals surface area contributed by atoms with Crippen molar-refractivity contribution in [2.24, 2.45) is 0 Å². The minimum Gasteiger partial charge on any atom is -0.457 e. The summed E-state index contributed by atoms with van der Waals surface area (Å²) < 4.78 is 4.85. The van der Waals surface area contributed by atoms with Gasteiger partial charge in [-0.1, -0.05) is 18.2 Å². The first-order valence-electron chi connectivity index (χ1n) is 4.23. The van der Waals surface area contributed by atoms with E-state index in [2.05, 4.69) is 0 Å². The first-order chi connectivity index (χ1) is 6.81. The van der Waals surface area contributed by atoms with Gasteiger partial charge in [-0.25, -0.2) is 4.79 Å². The highest BCUT2D eigenvalue weighted by Gasteiger charge is 2.20. The molecule has 0 unspecified atom stereocenters. The molecule has 1 aliphatic rings. The summed E-state index contributed by atoms with van der Waals surface area (Å²) in [5.74, 6) is -0.290. The molecule has 0 amide bonds. The number of cyclic esters (lactones) is 1. The van der Waals surface area contributed by atoms with Gasteiger partial charge in [-0.2, -0.15) is 0 Å². The van der Waals surface area contributed by atoms with Crippen molar-refractivity contribution in [2.75, 3.05) is 0 Å². The summed E-state index contributed by atoms with van der Waals surface area (Å²) in [6.45, 7) is 0.353. The number of carbonyl (C=O) groups excluding carboxylic acids is 2. The molecule has 0 aromatic heterocycles. The molecule has 0 atom stereocenters. The fraction of sp³-hybridized carbons (Fsp3) is 0.0909. The number of benzene rings is 1. The molecule has 1 heterocycles. The Labute approximate surface area is 81.0 Å². The lowest BCUT2D eigenvalue weighted by Gasteiger charge is -1.95. The maximum atomic E-state index is 11.2. The highest BCUT2D eigenvalue weighted by Crippen LogP contribution is 2.21. The number of aldehydes is 1. The van der Waals surface area contributed by atoms with Gasteiger partial charge >= 0.3 is 5.97 Å². The number of rotatable bonds is 2. The number of hydrogen-bond donors (Lipinski definition) is 0. The van der Waals surface area contributed by atoms with Gasteiger partial charge in [0.1, 0.15) is 12.9 Å². The second kappa shape index (κ2) is 3.46. The van der Waals surface area contributed by atoms with Crippen LogP contribution in [0.3, 0.4) is 0 Å². The molecule has 0 N–H and O–H groups in total. The Balaban J connectivity index is 2.39. The van der Waals surface area contributed by atoms with Gasteiger partial charge in [0.05, 0.1) is 5.56 Å². The van der Waals surface area contributed by atoms with Crippen molar-refractivity contribution >= 4 is 18.3 Å². The Morgan fingerprint density at radius 2 is 2.21 bits per heavy atom. The quantitative estimate of drug-likeness (QED) is 0.402. The van der Waals surface area contributed by atoms with E-state index >= 15 is 0 Å². The number of fused-ring (bicyclic) bond motifs is 1. The lowest BCUT2D eigenvalue weighted by atomic mass is 10.1. The predicted molar refractivity (Wildman–Crippen MR) is 50.7 cm³/mol. The van der Waals surface area contributed by atoms with Crippen LogP contribution >= 0.6 is 0 Å². The molecule has 0 saturated carbocycles. The van der Waals surface area contributed by atoms with Crippen molar-refractivity contribution in [3.8, 4) is 0 Å².